The zero-order chi connectivity index (χ0) is 14.4. The Bertz CT molecular complexity index is 599. The van der Waals surface area contributed by atoms with Gasteiger partial charge in [0.2, 0.25) is 0 Å². The van der Waals surface area contributed by atoms with Crippen molar-refractivity contribution in [2.24, 2.45) is 0 Å². The van der Waals surface area contributed by atoms with Gasteiger partial charge in [-0.3, -0.25) is 0 Å². The van der Waals surface area contributed by atoms with E-state index >= 15 is 0 Å². The Morgan fingerprint density at radius 2 is 2.00 bits per heavy atom. The second-order valence-corrected chi connectivity index (χ2v) is 4.68. The molecule has 0 unspecified atom stereocenters. The molecule has 0 amide bonds. The van der Waals surface area contributed by atoms with Crippen molar-refractivity contribution in [2.75, 3.05) is 17.2 Å². The third-order valence-corrected chi connectivity index (χ3v) is 3.05. The van der Waals surface area contributed by atoms with E-state index < -0.39 is 0 Å². The van der Waals surface area contributed by atoms with Crippen molar-refractivity contribution in [1.82, 2.24) is 4.98 Å². The minimum atomic E-state index is 0.633. The molecule has 1 aromatic heterocycles. The van der Waals surface area contributed by atoms with E-state index in [0.29, 0.717) is 5.56 Å². The number of nitrogens with two attached hydrogens (primary N) is 1. The van der Waals surface area contributed by atoms with Gasteiger partial charge in [0.05, 0.1) is 11.6 Å². The van der Waals surface area contributed by atoms with E-state index in [1.54, 1.807) is 12.3 Å². The van der Waals surface area contributed by atoms with Gasteiger partial charge in [-0.05, 0) is 36.2 Å². The molecule has 0 aliphatic heterocycles. The summed E-state index contributed by atoms with van der Waals surface area (Å²) >= 11 is 0. The summed E-state index contributed by atoms with van der Waals surface area (Å²) in [5.41, 5.74) is 8.28. The number of hydrogen-bond acceptors (Lipinski definition) is 4. The first kappa shape index (κ1) is 13.9. The summed E-state index contributed by atoms with van der Waals surface area (Å²) in [5.74, 6) is 0.836. The second kappa shape index (κ2) is 6.58. The lowest BCUT2D eigenvalue weighted by molar-refractivity contribution is 0.754. The Kier molecular flexibility index (Phi) is 4.56. The Labute approximate surface area is 119 Å². The van der Waals surface area contributed by atoms with Crippen LogP contribution in [0, 0.1) is 11.3 Å². The Hall–Kier alpha value is -2.54. The molecule has 0 atom stereocenters. The van der Waals surface area contributed by atoms with Crippen molar-refractivity contribution < 1.29 is 0 Å². The van der Waals surface area contributed by atoms with Gasteiger partial charge in [0.15, 0.2) is 0 Å². The van der Waals surface area contributed by atoms with Crippen molar-refractivity contribution >= 4 is 11.5 Å². The summed E-state index contributed by atoms with van der Waals surface area (Å²) < 4.78 is 0. The number of benzene rings is 1. The molecule has 20 heavy (non-hydrogen) atoms. The van der Waals surface area contributed by atoms with E-state index in [4.69, 9.17) is 11.0 Å². The van der Waals surface area contributed by atoms with Gasteiger partial charge in [0, 0.05) is 25.0 Å². The van der Waals surface area contributed by atoms with Crippen LogP contribution in [0.3, 0.4) is 0 Å². The molecule has 0 saturated heterocycles. The van der Waals surface area contributed by atoms with Gasteiger partial charge in [-0.2, -0.15) is 5.26 Å². The fraction of sp³-hybridized carbons (Fsp3) is 0.250. The topological polar surface area (TPSA) is 65.9 Å². The van der Waals surface area contributed by atoms with Gasteiger partial charge in [-0.1, -0.05) is 19.1 Å². The highest BCUT2D eigenvalue weighted by atomic mass is 15.2. The van der Waals surface area contributed by atoms with Crippen LogP contribution >= 0.6 is 0 Å². The predicted molar refractivity (Wildman–Crippen MR) is 81.1 cm³/mol. The molecule has 4 heteroatoms. The lowest BCUT2D eigenvalue weighted by Crippen LogP contribution is -2.24. The highest BCUT2D eigenvalue weighted by Gasteiger charge is 2.08. The Morgan fingerprint density at radius 1 is 1.25 bits per heavy atom. The third-order valence-electron chi connectivity index (χ3n) is 3.05. The molecule has 2 N–H and O–H groups in total. The van der Waals surface area contributed by atoms with Crippen LogP contribution in [0.1, 0.15) is 24.5 Å². The maximum absolute atomic E-state index is 8.98. The minimum absolute atomic E-state index is 0.633. The summed E-state index contributed by atoms with van der Waals surface area (Å²) in [7, 11) is 0. The van der Waals surface area contributed by atoms with Gasteiger partial charge in [0.1, 0.15) is 5.82 Å². The molecule has 1 heterocycles. The Balaban J connectivity index is 2.22. The number of nitriles is 1. The summed E-state index contributed by atoms with van der Waals surface area (Å²) in [4.78, 5) is 6.54. The molecule has 2 rings (SSSR count). The van der Waals surface area contributed by atoms with E-state index in [9.17, 15) is 0 Å². The quantitative estimate of drug-likeness (QED) is 0.845. The van der Waals surface area contributed by atoms with Crippen LogP contribution < -0.4 is 10.6 Å². The van der Waals surface area contributed by atoms with Gasteiger partial charge in [-0.25, -0.2) is 4.98 Å². The first-order chi connectivity index (χ1) is 9.72. The molecule has 4 nitrogen and oxygen atoms in total. The van der Waals surface area contributed by atoms with Crippen LogP contribution in [0.15, 0.2) is 42.6 Å². The molecule has 102 valence electrons. The molecule has 0 spiro atoms. The average molecular weight is 266 g/mol. The van der Waals surface area contributed by atoms with Crippen molar-refractivity contribution in [1.29, 1.82) is 5.26 Å². The standard InChI is InChI=1S/C16H18N4/c1-2-9-20(12-13-3-5-15(18)6-4-13)16-10-14(11-17)7-8-19-16/h3-8,10H,2,9,12,18H2,1H3. The van der Waals surface area contributed by atoms with Crippen LogP contribution in [0.5, 0.6) is 0 Å². The largest absolute Gasteiger partial charge is 0.399 e. The van der Waals surface area contributed by atoms with Crippen LogP contribution in [-0.2, 0) is 6.54 Å². The molecule has 0 radical (unpaired) electrons. The molecule has 1 aromatic carbocycles. The fourth-order valence-electron chi connectivity index (χ4n) is 2.05. The van der Waals surface area contributed by atoms with Crippen LogP contribution in [0.25, 0.3) is 0 Å². The van der Waals surface area contributed by atoms with Crippen LogP contribution in [-0.4, -0.2) is 11.5 Å². The molecule has 0 saturated carbocycles. The maximum Gasteiger partial charge on any atom is 0.130 e. The van der Waals surface area contributed by atoms with E-state index in [1.165, 1.54) is 5.56 Å². The van der Waals surface area contributed by atoms with Gasteiger partial charge in [0.25, 0.3) is 0 Å². The van der Waals surface area contributed by atoms with E-state index in [1.807, 2.05) is 30.3 Å². The van der Waals surface area contributed by atoms with Crippen molar-refractivity contribution in [3.8, 4) is 6.07 Å². The highest BCUT2D eigenvalue weighted by molar-refractivity contribution is 5.46. The molecule has 2 aromatic rings. The summed E-state index contributed by atoms with van der Waals surface area (Å²) in [6.45, 7) is 3.78. The van der Waals surface area contributed by atoms with Crippen LogP contribution in [0.4, 0.5) is 11.5 Å². The highest BCUT2D eigenvalue weighted by Crippen LogP contribution is 2.17. The molecular formula is C16H18N4. The molecule has 0 bridgehead atoms. The number of pyridine rings is 1. The zero-order valence-electron chi connectivity index (χ0n) is 11.6. The minimum Gasteiger partial charge on any atom is -0.399 e. The fourth-order valence-corrected chi connectivity index (χ4v) is 2.05. The number of rotatable bonds is 5. The Morgan fingerprint density at radius 3 is 2.65 bits per heavy atom. The zero-order valence-corrected chi connectivity index (χ0v) is 11.6. The van der Waals surface area contributed by atoms with Gasteiger partial charge >= 0.3 is 0 Å². The molecule has 0 aliphatic carbocycles. The SMILES string of the molecule is CCCN(Cc1ccc(N)cc1)c1cc(C#N)ccn1. The molecular weight excluding hydrogens is 248 g/mol. The lowest BCUT2D eigenvalue weighted by atomic mass is 10.2. The van der Waals surface area contributed by atoms with E-state index in [0.717, 1.165) is 31.0 Å². The predicted octanol–water partition coefficient (Wildman–Crippen LogP) is 2.95. The van der Waals surface area contributed by atoms with Gasteiger partial charge in [-0.15, -0.1) is 0 Å². The monoisotopic (exact) mass is 266 g/mol. The van der Waals surface area contributed by atoms with Crippen LogP contribution in [0.2, 0.25) is 0 Å². The number of anilines is 2. The first-order valence-corrected chi connectivity index (χ1v) is 6.68. The number of nitrogens with zero attached hydrogens (tertiary/aromatic N) is 3. The maximum atomic E-state index is 8.98. The number of hydrogen-bond donors (Lipinski definition) is 1. The lowest BCUT2D eigenvalue weighted by Gasteiger charge is -2.23. The number of aromatic nitrogens is 1. The van der Waals surface area contributed by atoms with Crippen molar-refractivity contribution in [3.05, 3.63) is 53.7 Å². The number of nitrogen functional groups attached to an aromatic ring is 1. The summed E-state index contributed by atoms with van der Waals surface area (Å²) in [5, 5.41) is 8.98. The summed E-state index contributed by atoms with van der Waals surface area (Å²) in [6.07, 6.45) is 2.70. The van der Waals surface area contributed by atoms with Crippen molar-refractivity contribution in [3.63, 3.8) is 0 Å². The second-order valence-electron chi connectivity index (χ2n) is 4.68. The van der Waals surface area contributed by atoms with E-state index in [2.05, 4.69) is 22.9 Å². The van der Waals surface area contributed by atoms with Crippen molar-refractivity contribution in [2.45, 2.75) is 19.9 Å². The summed E-state index contributed by atoms with van der Waals surface area (Å²) in [6, 6.07) is 13.5. The molecule has 0 fully saturated rings. The normalized spacial score (nSPS) is 10.0. The third kappa shape index (κ3) is 3.48. The molecule has 0 aliphatic rings. The first-order valence-electron chi connectivity index (χ1n) is 6.68. The van der Waals surface area contributed by atoms with E-state index in [-0.39, 0.29) is 0 Å². The average Bonchev–Trinajstić information content (AvgIpc) is 2.49. The van der Waals surface area contributed by atoms with Gasteiger partial charge < -0.3 is 10.6 Å². The smallest absolute Gasteiger partial charge is 0.130 e.